The Balaban J connectivity index is 1.60. The molecular weight excluding hydrogens is 304 g/mol. The quantitative estimate of drug-likeness (QED) is 0.868. The molecule has 2 aromatic rings. The molecule has 0 unspecified atom stereocenters. The molecule has 1 aromatic carbocycles. The van der Waals surface area contributed by atoms with Crippen molar-refractivity contribution in [3.63, 3.8) is 0 Å². The predicted molar refractivity (Wildman–Crippen MR) is 94.3 cm³/mol. The van der Waals surface area contributed by atoms with E-state index in [2.05, 4.69) is 15.7 Å². The third-order valence-corrected chi connectivity index (χ3v) is 4.49. The van der Waals surface area contributed by atoms with E-state index in [0.717, 1.165) is 22.6 Å². The molecule has 2 amide bonds. The number of ether oxygens (including phenoxy) is 1. The standard InChI is InChI=1S/C18H24N4O2/c1-13-17(11-19-22(13)16-5-3-4-6-16)21-18(23)20-15-9-7-14(8-10-15)12-24-2/h7-11,16H,3-6,12H2,1-2H3,(H2,20,21,23). The molecule has 6 heteroatoms. The average Bonchev–Trinajstić information content (AvgIpc) is 3.20. The molecule has 0 spiro atoms. The van der Waals surface area contributed by atoms with Gasteiger partial charge in [0.15, 0.2) is 0 Å². The van der Waals surface area contributed by atoms with Gasteiger partial charge in [-0.25, -0.2) is 4.79 Å². The van der Waals surface area contributed by atoms with E-state index in [1.807, 2.05) is 35.9 Å². The van der Waals surface area contributed by atoms with Crippen molar-refractivity contribution in [2.45, 2.75) is 45.3 Å². The summed E-state index contributed by atoms with van der Waals surface area (Å²) in [7, 11) is 1.66. The average molecular weight is 328 g/mol. The van der Waals surface area contributed by atoms with Crippen LogP contribution in [0.25, 0.3) is 0 Å². The van der Waals surface area contributed by atoms with Gasteiger partial charge in [0.2, 0.25) is 0 Å². The Labute approximate surface area is 142 Å². The third kappa shape index (κ3) is 3.76. The smallest absolute Gasteiger partial charge is 0.323 e. The zero-order chi connectivity index (χ0) is 16.9. The van der Waals surface area contributed by atoms with Gasteiger partial charge in [-0.2, -0.15) is 5.10 Å². The lowest BCUT2D eigenvalue weighted by molar-refractivity contribution is 0.185. The molecule has 0 atom stereocenters. The van der Waals surface area contributed by atoms with E-state index in [1.54, 1.807) is 13.3 Å². The Kier molecular flexibility index (Phi) is 5.15. The van der Waals surface area contributed by atoms with Gasteiger partial charge in [0.25, 0.3) is 0 Å². The Bertz CT molecular complexity index is 688. The number of rotatable bonds is 5. The van der Waals surface area contributed by atoms with Crippen molar-refractivity contribution >= 4 is 17.4 Å². The Morgan fingerprint density at radius 3 is 2.62 bits per heavy atom. The van der Waals surface area contributed by atoms with Gasteiger partial charge in [0.1, 0.15) is 0 Å². The number of hydrogen-bond acceptors (Lipinski definition) is 3. The number of aromatic nitrogens is 2. The fourth-order valence-corrected chi connectivity index (χ4v) is 3.20. The summed E-state index contributed by atoms with van der Waals surface area (Å²) in [6, 6.07) is 7.80. The van der Waals surface area contributed by atoms with Crippen LogP contribution in [0.5, 0.6) is 0 Å². The maximum Gasteiger partial charge on any atom is 0.323 e. The van der Waals surface area contributed by atoms with Crippen LogP contribution in [0.2, 0.25) is 0 Å². The second kappa shape index (κ2) is 7.49. The van der Waals surface area contributed by atoms with Crippen molar-refractivity contribution in [2.24, 2.45) is 0 Å². The molecule has 24 heavy (non-hydrogen) atoms. The van der Waals surface area contributed by atoms with Gasteiger partial charge >= 0.3 is 6.03 Å². The van der Waals surface area contributed by atoms with Crippen LogP contribution in [0.3, 0.4) is 0 Å². The van der Waals surface area contributed by atoms with Crippen LogP contribution < -0.4 is 10.6 Å². The highest BCUT2D eigenvalue weighted by atomic mass is 16.5. The highest BCUT2D eigenvalue weighted by Crippen LogP contribution is 2.31. The molecule has 1 saturated carbocycles. The Morgan fingerprint density at radius 1 is 1.25 bits per heavy atom. The van der Waals surface area contributed by atoms with Gasteiger partial charge < -0.3 is 15.4 Å². The van der Waals surface area contributed by atoms with Gasteiger partial charge in [-0.05, 0) is 37.5 Å². The number of methoxy groups -OCH3 is 1. The first-order chi connectivity index (χ1) is 11.7. The molecule has 1 heterocycles. The second-order valence-electron chi connectivity index (χ2n) is 6.24. The molecule has 1 aliphatic rings. The maximum absolute atomic E-state index is 12.2. The summed E-state index contributed by atoms with van der Waals surface area (Å²) >= 11 is 0. The third-order valence-electron chi connectivity index (χ3n) is 4.49. The van der Waals surface area contributed by atoms with Crippen molar-refractivity contribution in [2.75, 3.05) is 17.7 Å². The number of carbonyl (C=O) groups excluding carboxylic acids is 1. The number of carbonyl (C=O) groups is 1. The van der Waals surface area contributed by atoms with Gasteiger partial charge in [0, 0.05) is 12.8 Å². The summed E-state index contributed by atoms with van der Waals surface area (Å²) in [5.74, 6) is 0. The van der Waals surface area contributed by atoms with E-state index >= 15 is 0 Å². The van der Waals surface area contributed by atoms with E-state index in [0.29, 0.717) is 12.6 Å². The van der Waals surface area contributed by atoms with E-state index < -0.39 is 0 Å². The molecule has 6 nitrogen and oxygen atoms in total. The van der Waals surface area contributed by atoms with Gasteiger partial charge in [0.05, 0.1) is 30.2 Å². The molecule has 0 aliphatic heterocycles. The van der Waals surface area contributed by atoms with Crippen LogP contribution in [-0.2, 0) is 11.3 Å². The van der Waals surface area contributed by atoms with E-state index in [-0.39, 0.29) is 6.03 Å². The molecule has 1 fully saturated rings. The van der Waals surface area contributed by atoms with Crippen molar-refractivity contribution < 1.29 is 9.53 Å². The number of amides is 2. The zero-order valence-corrected chi connectivity index (χ0v) is 14.2. The predicted octanol–water partition coefficient (Wildman–Crippen LogP) is 4.10. The summed E-state index contributed by atoms with van der Waals surface area (Å²) < 4.78 is 7.12. The fourth-order valence-electron chi connectivity index (χ4n) is 3.20. The number of hydrogen-bond donors (Lipinski definition) is 2. The Morgan fingerprint density at radius 2 is 1.96 bits per heavy atom. The SMILES string of the molecule is COCc1ccc(NC(=O)Nc2cnn(C3CCCC3)c2C)cc1. The minimum Gasteiger partial charge on any atom is -0.380 e. The van der Waals surface area contributed by atoms with Crippen LogP contribution in [0, 0.1) is 6.92 Å². The number of anilines is 2. The van der Waals surface area contributed by atoms with Crippen molar-refractivity contribution in [3.8, 4) is 0 Å². The topological polar surface area (TPSA) is 68.2 Å². The van der Waals surface area contributed by atoms with Gasteiger partial charge in [-0.1, -0.05) is 25.0 Å². The summed E-state index contributed by atoms with van der Waals surface area (Å²) in [6.45, 7) is 2.56. The van der Waals surface area contributed by atoms with E-state index in [4.69, 9.17) is 4.74 Å². The number of urea groups is 1. The second-order valence-corrected chi connectivity index (χ2v) is 6.24. The molecule has 0 saturated heterocycles. The summed E-state index contributed by atoms with van der Waals surface area (Å²) in [6.07, 6.45) is 6.58. The molecular formula is C18H24N4O2. The van der Waals surface area contributed by atoms with E-state index in [9.17, 15) is 4.79 Å². The minimum absolute atomic E-state index is 0.261. The van der Waals surface area contributed by atoms with Crippen LogP contribution >= 0.6 is 0 Å². The van der Waals surface area contributed by atoms with Gasteiger partial charge in [-0.15, -0.1) is 0 Å². The van der Waals surface area contributed by atoms with Crippen LogP contribution in [0.4, 0.5) is 16.2 Å². The minimum atomic E-state index is -0.261. The first-order valence-electron chi connectivity index (χ1n) is 8.37. The molecule has 3 rings (SSSR count). The number of nitrogens with one attached hydrogen (secondary N) is 2. The molecule has 1 aromatic heterocycles. The zero-order valence-electron chi connectivity index (χ0n) is 14.2. The fraction of sp³-hybridized carbons (Fsp3) is 0.444. The monoisotopic (exact) mass is 328 g/mol. The van der Waals surface area contributed by atoms with Gasteiger partial charge in [-0.3, -0.25) is 4.68 Å². The first-order valence-corrected chi connectivity index (χ1v) is 8.37. The van der Waals surface area contributed by atoms with Crippen molar-refractivity contribution in [3.05, 3.63) is 41.7 Å². The number of benzene rings is 1. The lowest BCUT2D eigenvalue weighted by Crippen LogP contribution is -2.20. The van der Waals surface area contributed by atoms with Crippen LogP contribution in [0.1, 0.15) is 43.0 Å². The normalized spacial score (nSPS) is 14.8. The summed E-state index contributed by atoms with van der Waals surface area (Å²) in [5, 5.41) is 10.2. The molecule has 0 radical (unpaired) electrons. The highest BCUT2D eigenvalue weighted by molar-refractivity contribution is 5.99. The van der Waals surface area contributed by atoms with Crippen molar-refractivity contribution in [1.29, 1.82) is 0 Å². The number of nitrogens with zero attached hydrogens (tertiary/aromatic N) is 2. The van der Waals surface area contributed by atoms with Crippen LogP contribution in [-0.4, -0.2) is 22.9 Å². The van der Waals surface area contributed by atoms with E-state index in [1.165, 1.54) is 25.7 Å². The summed E-state index contributed by atoms with van der Waals surface area (Å²) in [4.78, 5) is 12.2. The highest BCUT2D eigenvalue weighted by Gasteiger charge is 2.20. The van der Waals surface area contributed by atoms with Crippen molar-refractivity contribution in [1.82, 2.24) is 9.78 Å². The molecule has 1 aliphatic carbocycles. The summed E-state index contributed by atoms with van der Waals surface area (Å²) in [5.41, 5.74) is 3.58. The molecule has 2 N–H and O–H groups in total. The first kappa shape index (κ1) is 16.5. The van der Waals surface area contributed by atoms with Crippen LogP contribution in [0.15, 0.2) is 30.5 Å². The molecule has 0 bridgehead atoms. The lowest BCUT2D eigenvalue weighted by Gasteiger charge is -2.13. The molecule has 128 valence electrons. The largest absolute Gasteiger partial charge is 0.380 e. The maximum atomic E-state index is 12.2. The Hall–Kier alpha value is -2.34. The lowest BCUT2D eigenvalue weighted by atomic mass is 10.2.